The van der Waals surface area contributed by atoms with E-state index in [1.165, 1.54) is 15.5 Å². The lowest BCUT2D eigenvalue weighted by atomic mass is 9.83. The van der Waals surface area contributed by atoms with E-state index >= 15 is 4.39 Å². The van der Waals surface area contributed by atoms with Gasteiger partial charge in [-0.05, 0) is 36.5 Å². The van der Waals surface area contributed by atoms with Gasteiger partial charge in [0.1, 0.15) is 12.4 Å². The quantitative estimate of drug-likeness (QED) is 0.265. The molecule has 2 atom stereocenters. The van der Waals surface area contributed by atoms with Crippen LogP contribution in [0.4, 0.5) is 4.39 Å². The Balaban J connectivity index is 1.49. The van der Waals surface area contributed by atoms with Crippen LogP contribution in [0.5, 0.6) is 0 Å². The van der Waals surface area contributed by atoms with Crippen LogP contribution in [0.25, 0.3) is 22.3 Å². The van der Waals surface area contributed by atoms with Crippen molar-refractivity contribution in [2.24, 2.45) is 5.92 Å². The summed E-state index contributed by atoms with van der Waals surface area (Å²) in [6.45, 7) is 4.27. The first-order valence-electron chi connectivity index (χ1n) is 14.6. The molecule has 232 valence electrons. The summed E-state index contributed by atoms with van der Waals surface area (Å²) in [4.78, 5) is 58.4. The zero-order chi connectivity index (χ0) is 31.7. The average Bonchev–Trinajstić information content (AvgIpc) is 3.36. The van der Waals surface area contributed by atoms with Crippen LogP contribution in [-0.2, 0) is 44.3 Å². The molecule has 6 rings (SSSR count). The number of carbonyl (C=O) groups is 3. The normalized spacial score (nSPS) is 19.8. The third kappa shape index (κ3) is 4.50. The van der Waals surface area contributed by atoms with Crippen molar-refractivity contribution in [3.05, 3.63) is 61.1 Å². The number of pyridine rings is 2. The van der Waals surface area contributed by atoms with E-state index in [1.807, 2.05) is 0 Å². The number of aryl methyl sites for hydroxylation is 1. The highest BCUT2D eigenvalue weighted by molar-refractivity contribution is 6.32. The standard InChI is InChI=1S/C31H32ClFN4O7/c1-4-31(43)18-9-22-27-16(11-37(22)29(41)17(18)13-44-30(31)42)25-20(34-23(39)12-36(7-8-38)28(40)14(2)3)6-5-15-24(25)21(35-27)10-19(33)26(15)32/h9-10,14,20,38,43H,4-8,11-13H2,1-3H3,(H,34,39)/t20?,31-/m0/s1. The van der Waals surface area contributed by atoms with Gasteiger partial charge >= 0.3 is 5.97 Å². The Morgan fingerprint density at radius 2 is 2.02 bits per heavy atom. The van der Waals surface area contributed by atoms with E-state index in [0.29, 0.717) is 46.3 Å². The minimum absolute atomic E-state index is 0.000930. The van der Waals surface area contributed by atoms with Gasteiger partial charge in [-0.15, -0.1) is 0 Å². The summed E-state index contributed by atoms with van der Waals surface area (Å²) in [6, 6.07) is 2.21. The van der Waals surface area contributed by atoms with E-state index in [2.05, 4.69) is 5.32 Å². The number of aliphatic hydroxyl groups is 2. The van der Waals surface area contributed by atoms with Crippen LogP contribution in [0.3, 0.4) is 0 Å². The number of nitrogens with zero attached hydrogens (tertiary/aromatic N) is 3. The van der Waals surface area contributed by atoms with Crippen molar-refractivity contribution in [2.45, 2.75) is 64.8 Å². The number of halogens is 2. The van der Waals surface area contributed by atoms with E-state index in [-0.39, 0.29) is 72.8 Å². The lowest BCUT2D eigenvalue weighted by Gasteiger charge is -2.31. The van der Waals surface area contributed by atoms with E-state index in [4.69, 9.17) is 21.3 Å². The molecule has 4 heterocycles. The smallest absolute Gasteiger partial charge is 0.343 e. The highest BCUT2D eigenvalue weighted by Crippen LogP contribution is 2.46. The van der Waals surface area contributed by atoms with Crippen molar-refractivity contribution < 1.29 is 33.7 Å². The molecule has 3 N–H and O–H groups in total. The molecule has 2 aliphatic heterocycles. The summed E-state index contributed by atoms with van der Waals surface area (Å²) in [7, 11) is 0. The first-order chi connectivity index (χ1) is 20.9. The molecule has 0 spiro atoms. The van der Waals surface area contributed by atoms with E-state index in [1.54, 1.807) is 26.8 Å². The maximum atomic E-state index is 15.0. The monoisotopic (exact) mass is 626 g/mol. The number of amides is 2. The first kappa shape index (κ1) is 30.2. The van der Waals surface area contributed by atoms with Crippen molar-refractivity contribution in [1.82, 2.24) is 19.8 Å². The van der Waals surface area contributed by atoms with Gasteiger partial charge in [0.15, 0.2) is 5.60 Å². The molecular formula is C31H32ClFN4O7. The third-order valence-electron chi connectivity index (χ3n) is 8.89. The second-order valence-electron chi connectivity index (χ2n) is 11.8. The number of hydrogen-bond acceptors (Lipinski definition) is 8. The van der Waals surface area contributed by atoms with E-state index in [0.717, 1.165) is 0 Å². The van der Waals surface area contributed by atoms with Crippen LogP contribution in [0.2, 0.25) is 5.02 Å². The van der Waals surface area contributed by atoms with Crippen molar-refractivity contribution in [1.29, 1.82) is 0 Å². The molecule has 2 aromatic heterocycles. The Hall–Kier alpha value is -3.87. The number of aromatic nitrogens is 2. The van der Waals surface area contributed by atoms with Gasteiger partial charge in [0.05, 0.1) is 53.2 Å². The van der Waals surface area contributed by atoms with E-state index in [9.17, 15) is 29.4 Å². The number of fused-ring (bicyclic) bond motifs is 5. The number of hydrogen-bond donors (Lipinski definition) is 3. The average molecular weight is 627 g/mol. The molecule has 3 aliphatic rings. The van der Waals surface area contributed by atoms with Crippen LogP contribution >= 0.6 is 11.6 Å². The molecule has 1 unspecified atom stereocenters. The molecule has 2 amide bonds. The van der Waals surface area contributed by atoms with Crippen molar-refractivity contribution in [3.8, 4) is 11.4 Å². The van der Waals surface area contributed by atoms with Gasteiger partial charge < -0.3 is 29.7 Å². The summed E-state index contributed by atoms with van der Waals surface area (Å²) in [5, 5.41) is 24.3. The topological polar surface area (TPSA) is 151 Å². The molecule has 0 radical (unpaired) electrons. The van der Waals surface area contributed by atoms with Crippen LogP contribution in [0.1, 0.15) is 67.5 Å². The fourth-order valence-electron chi connectivity index (χ4n) is 6.66. The van der Waals surface area contributed by atoms with E-state index < -0.39 is 34.9 Å². The Morgan fingerprint density at radius 3 is 2.70 bits per heavy atom. The van der Waals surface area contributed by atoms with Crippen LogP contribution in [0, 0.1) is 11.7 Å². The van der Waals surface area contributed by atoms with Gasteiger partial charge in [-0.25, -0.2) is 14.2 Å². The minimum atomic E-state index is -2.01. The molecule has 1 aromatic carbocycles. The fraction of sp³-hybridized carbons (Fsp3) is 0.452. The van der Waals surface area contributed by atoms with Crippen LogP contribution in [0.15, 0.2) is 16.9 Å². The summed E-state index contributed by atoms with van der Waals surface area (Å²) < 4.78 is 21.7. The van der Waals surface area contributed by atoms with Crippen molar-refractivity contribution in [2.75, 3.05) is 19.7 Å². The molecule has 0 bridgehead atoms. The lowest BCUT2D eigenvalue weighted by Crippen LogP contribution is -2.45. The highest BCUT2D eigenvalue weighted by atomic mass is 35.5. The molecule has 0 fully saturated rings. The maximum Gasteiger partial charge on any atom is 0.343 e. The molecular weight excluding hydrogens is 595 g/mol. The van der Waals surface area contributed by atoms with Crippen LogP contribution < -0.4 is 10.9 Å². The Labute approximate surface area is 256 Å². The Morgan fingerprint density at radius 1 is 1.27 bits per heavy atom. The van der Waals surface area contributed by atoms with Crippen molar-refractivity contribution in [3.63, 3.8) is 0 Å². The number of ether oxygens (including phenoxy) is 1. The van der Waals surface area contributed by atoms with Gasteiger partial charge in [-0.1, -0.05) is 32.4 Å². The summed E-state index contributed by atoms with van der Waals surface area (Å²) in [5.74, 6) is -2.58. The molecule has 3 aromatic rings. The predicted molar refractivity (Wildman–Crippen MR) is 157 cm³/mol. The Bertz CT molecular complexity index is 1820. The largest absolute Gasteiger partial charge is 0.458 e. The fourth-order valence-corrected chi connectivity index (χ4v) is 6.91. The van der Waals surface area contributed by atoms with Gasteiger partial charge in [0.2, 0.25) is 11.8 Å². The molecule has 1 aliphatic carbocycles. The zero-order valence-corrected chi connectivity index (χ0v) is 25.3. The maximum absolute atomic E-state index is 15.0. The summed E-state index contributed by atoms with van der Waals surface area (Å²) in [6.07, 6.45) is 0.699. The molecule has 0 saturated carbocycles. The van der Waals surface area contributed by atoms with Gasteiger partial charge in [-0.2, -0.15) is 0 Å². The molecule has 11 nitrogen and oxygen atoms in total. The number of carbonyl (C=O) groups excluding carboxylic acids is 3. The second-order valence-corrected chi connectivity index (χ2v) is 12.2. The lowest BCUT2D eigenvalue weighted by molar-refractivity contribution is -0.172. The second kappa shape index (κ2) is 10.9. The zero-order valence-electron chi connectivity index (χ0n) is 24.5. The van der Waals surface area contributed by atoms with Gasteiger partial charge in [0, 0.05) is 35.0 Å². The number of nitrogens with one attached hydrogen (secondary N) is 1. The SMILES string of the molecule is CC[C@@]1(O)C(=O)OCc2c1cc1n(c2=O)Cc2c-1nc1cc(F)c(Cl)c3c1c2C(NC(=O)CN(CCO)C(=O)C(C)C)CC3. The molecule has 13 heteroatoms. The number of aliphatic hydroxyl groups excluding tert-OH is 1. The minimum Gasteiger partial charge on any atom is -0.458 e. The third-order valence-corrected chi connectivity index (χ3v) is 9.30. The van der Waals surface area contributed by atoms with Gasteiger partial charge in [-0.3, -0.25) is 14.4 Å². The first-order valence-corrected chi connectivity index (χ1v) is 15.0. The summed E-state index contributed by atoms with van der Waals surface area (Å²) >= 11 is 6.43. The van der Waals surface area contributed by atoms with Crippen LogP contribution in [-0.4, -0.2) is 62.1 Å². The number of benzene rings is 1. The van der Waals surface area contributed by atoms with Crippen molar-refractivity contribution >= 4 is 40.3 Å². The summed E-state index contributed by atoms with van der Waals surface area (Å²) in [5.41, 5.74) is 0.708. The predicted octanol–water partition coefficient (Wildman–Crippen LogP) is 2.45. The molecule has 44 heavy (non-hydrogen) atoms. The Kier molecular flexibility index (Phi) is 7.50. The number of rotatable bonds is 7. The number of esters is 1. The highest BCUT2D eigenvalue weighted by Gasteiger charge is 2.46. The van der Waals surface area contributed by atoms with Gasteiger partial charge in [0.25, 0.3) is 5.56 Å². The number of cyclic esters (lactones) is 1. The molecule has 0 saturated heterocycles.